The largest absolute Gasteiger partial charge is 0.508 e. The van der Waals surface area contributed by atoms with Crippen molar-refractivity contribution >= 4 is 47.2 Å². The molecule has 5 aliphatic rings. The van der Waals surface area contributed by atoms with Crippen LogP contribution in [-0.2, 0) is 25.6 Å². The van der Waals surface area contributed by atoms with E-state index in [1.165, 1.54) is 9.80 Å². The molecule has 2 aliphatic carbocycles. The molecule has 4 amide bonds. The molecule has 4 aromatic carbocycles. The minimum absolute atomic E-state index is 0.0950. The van der Waals surface area contributed by atoms with Crippen molar-refractivity contribution < 1.29 is 38.5 Å². The molecule has 56 heavy (non-hydrogen) atoms. The number of hydrogen-bond acceptors (Lipinski definition) is 8. The number of allylic oxidation sites excluding steroid dienone is 3. The molecule has 6 unspecified atom stereocenters. The van der Waals surface area contributed by atoms with E-state index in [1.54, 1.807) is 75.1 Å². The number of hydrogen-bond donors (Lipinski definition) is 1. The maximum atomic E-state index is 14.7. The third kappa shape index (κ3) is 5.38. The zero-order valence-electron chi connectivity index (χ0n) is 31.2. The summed E-state index contributed by atoms with van der Waals surface area (Å²) in [6, 6.07) is 26.7. The summed E-state index contributed by atoms with van der Waals surface area (Å²) in [4.78, 5) is 60.6. The Bertz CT molecular complexity index is 2400. The number of para-hydroxylation sites is 1. The molecule has 3 heterocycles. The number of methoxy groups -OCH3 is 2. The van der Waals surface area contributed by atoms with Gasteiger partial charge in [-0.1, -0.05) is 54.1 Å². The summed E-state index contributed by atoms with van der Waals surface area (Å²) < 4.78 is 17.0. The number of phenols is 1. The highest BCUT2D eigenvalue weighted by Gasteiger charge is 2.68. The monoisotopic (exact) mass is 748 g/mol. The fourth-order valence-electron chi connectivity index (χ4n) is 9.81. The number of nitrogens with zero attached hydrogens (tertiary/aromatic N) is 2. The maximum Gasteiger partial charge on any atom is 0.241 e. The molecule has 282 valence electrons. The first-order chi connectivity index (χ1) is 27.1. The highest BCUT2D eigenvalue weighted by molar-refractivity contribution is 6.25. The van der Waals surface area contributed by atoms with Gasteiger partial charge in [-0.15, -0.1) is 0 Å². The Morgan fingerprint density at radius 3 is 2.32 bits per heavy atom. The van der Waals surface area contributed by atoms with E-state index < -0.39 is 35.0 Å². The molecule has 9 rings (SSSR count). The smallest absolute Gasteiger partial charge is 0.241 e. The van der Waals surface area contributed by atoms with Crippen molar-refractivity contribution in [3.8, 4) is 23.0 Å². The molecule has 6 atom stereocenters. The second-order valence-corrected chi connectivity index (χ2v) is 15.3. The third-order valence-corrected chi connectivity index (χ3v) is 12.5. The van der Waals surface area contributed by atoms with Crippen LogP contribution >= 0.6 is 0 Å². The van der Waals surface area contributed by atoms with Crippen LogP contribution in [0, 0.1) is 35.0 Å². The average Bonchev–Trinajstić information content (AvgIpc) is 3.59. The standard InChI is InChI=1S/C46H40N2O8/c1-46-37(43(51)48(45(46)53)30-7-5-4-6-8-30)24-36-34(41(46)29-21-28-22-32(49)15-19-39(28)56-25-29)17-18-35-40(36)44(52)47(42(35)50)31-13-10-26(11-14-31)9-12-27-23-33(54-2)16-20-38(27)55-3/h4-17,19-20,22-23,25,35-37,40-41,49H,18,21,24H2,1-3H3. The van der Waals surface area contributed by atoms with Gasteiger partial charge in [-0.05, 0) is 97.5 Å². The predicted octanol–water partition coefficient (Wildman–Crippen LogP) is 7.37. The molecular formula is C46H40N2O8. The normalized spacial score (nSPS) is 26.6. The first-order valence-electron chi connectivity index (χ1n) is 18.8. The number of amides is 4. The van der Waals surface area contributed by atoms with Gasteiger partial charge in [-0.2, -0.15) is 0 Å². The van der Waals surface area contributed by atoms with E-state index in [0.29, 0.717) is 41.5 Å². The lowest BCUT2D eigenvalue weighted by molar-refractivity contribution is -0.132. The molecule has 0 aromatic heterocycles. The summed E-state index contributed by atoms with van der Waals surface area (Å²) in [6.07, 6.45) is 8.50. The van der Waals surface area contributed by atoms with Gasteiger partial charge in [0.2, 0.25) is 23.6 Å². The van der Waals surface area contributed by atoms with Crippen LogP contribution in [0.25, 0.3) is 12.2 Å². The number of imide groups is 2. The van der Waals surface area contributed by atoms with Crippen molar-refractivity contribution in [2.75, 3.05) is 24.0 Å². The van der Waals surface area contributed by atoms with E-state index in [0.717, 1.165) is 27.8 Å². The van der Waals surface area contributed by atoms with Gasteiger partial charge in [0.25, 0.3) is 0 Å². The molecule has 3 aliphatic heterocycles. The van der Waals surface area contributed by atoms with Gasteiger partial charge >= 0.3 is 0 Å². The minimum Gasteiger partial charge on any atom is -0.508 e. The lowest BCUT2D eigenvalue weighted by atomic mass is 9.51. The molecule has 2 saturated heterocycles. The zero-order chi connectivity index (χ0) is 38.9. The summed E-state index contributed by atoms with van der Waals surface area (Å²) in [5, 5.41) is 10.3. The summed E-state index contributed by atoms with van der Waals surface area (Å²) in [6.45, 7) is 1.86. The first kappa shape index (κ1) is 35.3. The molecular weight excluding hydrogens is 709 g/mol. The lowest BCUT2D eigenvalue weighted by Crippen LogP contribution is -2.51. The van der Waals surface area contributed by atoms with Crippen molar-refractivity contribution in [3.63, 3.8) is 0 Å². The van der Waals surface area contributed by atoms with Crippen LogP contribution in [0.15, 0.2) is 114 Å². The van der Waals surface area contributed by atoms with Gasteiger partial charge < -0.3 is 19.3 Å². The second-order valence-electron chi connectivity index (χ2n) is 15.3. The average molecular weight is 749 g/mol. The van der Waals surface area contributed by atoms with Crippen molar-refractivity contribution in [2.45, 2.75) is 26.2 Å². The van der Waals surface area contributed by atoms with Crippen LogP contribution in [0.3, 0.4) is 0 Å². The minimum atomic E-state index is -1.19. The SMILES string of the molecule is COc1ccc(OC)c(C=Cc2ccc(N3C(=O)C4CC=C5C(CC6C(=O)N(c7ccccc7)C(=O)C6(C)C5C5=COc6ccc(O)cc6C5)C4C3=O)cc2)c1. The van der Waals surface area contributed by atoms with Crippen LogP contribution in [-0.4, -0.2) is 43.0 Å². The molecule has 1 saturated carbocycles. The molecule has 0 spiro atoms. The van der Waals surface area contributed by atoms with E-state index >= 15 is 0 Å². The fourth-order valence-corrected chi connectivity index (χ4v) is 9.81. The highest BCUT2D eigenvalue weighted by Crippen LogP contribution is 2.63. The Hall–Kier alpha value is -6.42. The van der Waals surface area contributed by atoms with Gasteiger partial charge in [0.05, 0.1) is 55.0 Å². The van der Waals surface area contributed by atoms with Crippen molar-refractivity contribution in [3.05, 3.63) is 131 Å². The van der Waals surface area contributed by atoms with Crippen molar-refractivity contribution in [1.29, 1.82) is 0 Å². The van der Waals surface area contributed by atoms with Crippen LogP contribution in [0.1, 0.15) is 36.5 Å². The van der Waals surface area contributed by atoms with Crippen LogP contribution in [0.5, 0.6) is 23.0 Å². The number of carbonyl (C=O) groups excluding carboxylic acids is 4. The molecule has 4 aromatic rings. The zero-order valence-corrected chi connectivity index (χ0v) is 31.2. The quantitative estimate of drug-likeness (QED) is 0.118. The molecule has 1 N–H and O–H groups in total. The van der Waals surface area contributed by atoms with E-state index in [1.807, 2.05) is 61.5 Å². The van der Waals surface area contributed by atoms with Crippen LogP contribution < -0.4 is 24.0 Å². The van der Waals surface area contributed by atoms with Gasteiger partial charge in [0.1, 0.15) is 23.0 Å². The summed E-state index contributed by atoms with van der Waals surface area (Å²) >= 11 is 0. The van der Waals surface area contributed by atoms with Gasteiger partial charge in [-0.3, -0.25) is 24.1 Å². The number of carbonyl (C=O) groups is 4. The summed E-state index contributed by atoms with van der Waals surface area (Å²) in [5.41, 5.74) is 3.91. The van der Waals surface area contributed by atoms with Crippen molar-refractivity contribution in [1.82, 2.24) is 0 Å². The molecule has 0 radical (unpaired) electrons. The Labute approximate surface area is 324 Å². The number of ether oxygens (including phenoxy) is 3. The topological polar surface area (TPSA) is 123 Å². The molecule has 3 fully saturated rings. The van der Waals surface area contributed by atoms with Crippen molar-refractivity contribution in [2.24, 2.45) is 35.0 Å². The van der Waals surface area contributed by atoms with Crippen LogP contribution in [0.2, 0.25) is 0 Å². The Balaban J connectivity index is 1.05. The third-order valence-electron chi connectivity index (χ3n) is 12.5. The summed E-state index contributed by atoms with van der Waals surface area (Å²) in [5.74, 6) is -2.20. The van der Waals surface area contributed by atoms with Gasteiger partial charge in [-0.25, -0.2) is 4.90 Å². The van der Waals surface area contributed by atoms with E-state index in [4.69, 9.17) is 14.2 Å². The van der Waals surface area contributed by atoms with E-state index in [2.05, 4.69) is 0 Å². The highest BCUT2D eigenvalue weighted by atomic mass is 16.5. The number of phenolic OH excluding ortho intramolecular Hbond substituents is 1. The maximum absolute atomic E-state index is 14.7. The second kappa shape index (κ2) is 13.4. The molecule has 10 heteroatoms. The fraction of sp³-hybridized carbons (Fsp3) is 0.261. The lowest BCUT2D eigenvalue weighted by Gasteiger charge is -2.49. The number of aromatic hydroxyl groups is 1. The van der Waals surface area contributed by atoms with E-state index in [-0.39, 0.29) is 35.8 Å². The number of anilines is 2. The van der Waals surface area contributed by atoms with E-state index in [9.17, 15) is 24.3 Å². The number of benzene rings is 4. The Kier molecular flexibility index (Phi) is 8.45. The van der Waals surface area contributed by atoms with Crippen LogP contribution in [0.4, 0.5) is 11.4 Å². The Morgan fingerprint density at radius 2 is 1.57 bits per heavy atom. The van der Waals surface area contributed by atoms with Gasteiger partial charge in [0, 0.05) is 23.5 Å². The number of rotatable bonds is 7. The predicted molar refractivity (Wildman–Crippen MR) is 210 cm³/mol. The first-order valence-corrected chi connectivity index (χ1v) is 18.8. The number of fused-ring (bicyclic) bond motifs is 5. The summed E-state index contributed by atoms with van der Waals surface area (Å²) in [7, 11) is 3.22. The van der Waals surface area contributed by atoms with Gasteiger partial charge in [0.15, 0.2) is 0 Å². The Morgan fingerprint density at radius 1 is 0.804 bits per heavy atom. The molecule has 10 nitrogen and oxygen atoms in total. The molecule has 0 bridgehead atoms.